The van der Waals surface area contributed by atoms with Crippen LogP contribution in [0.3, 0.4) is 0 Å². The molecule has 1 unspecified atom stereocenters. The zero-order valence-electron chi connectivity index (χ0n) is 10.5. The second-order valence-electron chi connectivity index (χ2n) is 4.02. The summed E-state index contributed by atoms with van der Waals surface area (Å²) in [6, 6.07) is 3.61. The Morgan fingerprint density at radius 3 is 2.74 bits per heavy atom. The molecule has 0 amide bonds. The number of halogens is 3. The van der Waals surface area contributed by atoms with Crippen LogP contribution in [0.2, 0.25) is 0 Å². The second-order valence-corrected chi connectivity index (χ2v) is 4.77. The third-order valence-corrected chi connectivity index (χ3v) is 3.37. The summed E-state index contributed by atoms with van der Waals surface area (Å²) in [6.45, 7) is 2.49. The SMILES string of the molecule is CCNC(c1cccc(F)c1F)c1c(Br)nnn1C. The van der Waals surface area contributed by atoms with E-state index in [2.05, 4.69) is 31.6 Å². The number of nitrogens with zero attached hydrogens (tertiary/aromatic N) is 3. The fourth-order valence-corrected chi connectivity index (χ4v) is 2.50. The molecule has 1 aromatic heterocycles. The Bertz CT molecular complexity index is 566. The van der Waals surface area contributed by atoms with Crippen molar-refractivity contribution in [2.45, 2.75) is 13.0 Å². The number of hydrogen-bond acceptors (Lipinski definition) is 3. The lowest BCUT2D eigenvalue weighted by atomic mass is 10.0. The largest absolute Gasteiger partial charge is 0.305 e. The van der Waals surface area contributed by atoms with Crippen LogP contribution in [-0.2, 0) is 7.05 Å². The lowest BCUT2D eigenvalue weighted by molar-refractivity contribution is 0.475. The summed E-state index contributed by atoms with van der Waals surface area (Å²) in [4.78, 5) is 0. The van der Waals surface area contributed by atoms with Crippen LogP contribution in [0.25, 0.3) is 0 Å². The molecule has 1 N–H and O–H groups in total. The number of aromatic nitrogens is 3. The van der Waals surface area contributed by atoms with Crippen molar-refractivity contribution in [2.24, 2.45) is 7.05 Å². The maximum Gasteiger partial charge on any atom is 0.163 e. The van der Waals surface area contributed by atoms with Gasteiger partial charge in [0, 0.05) is 12.6 Å². The number of hydrogen-bond donors (Lipinski definition) is 1. The number of aryl methyl sites for hydroxylation is 1. The lowest BCUT2D eigenvalue weighted by Crippen LogP contribution is -2.25. The molecule has 0 spiro atoms. The van der Waals surface area contributed by atoms with E-state index in [4.69, 9.17) is 0 Å². The molecule has 0 aliphatic rings. The third kappa shape index (κ3) is 2.66. The van der Waals surface area contributed by atoms with E-state index >= 15 is 0 Å². The Morgan fingerprint density at radius 1 is 1.42 bits per heavy atom. The van der Waals surface area contributed by atoms with Crippen LogP contribution in [0.1, 0.15) is 24.2 Å². The molecule has 1 heterocycles. The van der Waals surface area contributed by atoms with Gasteiger partial charge in [-0.25, -0.2) is 13.5 Å². The first-order valence-corrected chi connectivity index (χ1v) is 6.58. The van der Waals surface area contributed by atoms with Crippen LogP contribution >= 0.6 is 15.9 Å². The van der Waals surface area contributed by atoms with Gasteiger partial charge in [0.25, 0.3) is 0 Å². The van der Waals surface area contributed by atoms with Gasteiger partial charge in [0.1, 0.15) is 0 Å². The highest BCUT2D eigenvalue weighted by Crippen LogP contribution is 2.29. The molecule has 1 aromatic carbocycles. The average Bonchev–Trinajstić information content (AvgIpc) is 2.70. The van der Waals surface area contributed by atoms with E-state index in [-0.39, 0.29) is 5.56 Å². The number of benzene rings is 1. The molecule has 0 fully saturated rings. The van der Waals surface area contributed by atoms with Gasteiger partial charge in [0.2, 0.25) is 0 Å². The van der Waals surface area contributed by atoms with Gasteiger partial charge in [0.15, 0.2) is 16.2 Å². The summed E-state index contributed by atoms with van der Waals surface area (Å²) in [5.74, 6) is -1.73. The number of rotatable bonds is 4. The maximum atomic E-state index is 14.0. The molecule has 2 rings (SSSR count). The Morgan fingerprint density at radius 2 is 2.16 bits per heavy atom. The molecular formula is C12H13BrF2N4. The van der Waals surface area contributed by atoms with Crippen LogP contribution < -0.4 is 5.32 Å². The first-order valence-electron chi connectivity index (χ1n) is 5.78. The minimum absolute atomic E-state index is 0.230. The molecule has 1 atom stereocenters. The highest BCUT2D eigenvalue weighted by molar-refractivity contribution is 9.10. The molecule has 0 aliphatic heterocycles. The summed E-state index contributed by atoms with van der Waals surface area (Å²) >= 11 is 3.28. The van der Waals surface area contributed by atoms with E-state index in [1.165, 1.54) is 10.7 Å². The van der Waals surface area contributed by atoms with Crippen molar-refractivity contribution in [3.63, 3.8) is 0 Å². The average molecular weight is 331 g/mol. The Hall–Kier alpha value is -1.34. The van der Waals surface area contributed by atoms with Crippen molar-refractivity contribution in [1.82, 2.24) is 20.3 Å². The van der Waals surface area contributed by atoms with Crippen molar-refractivity contribution < 1.29 is 8.78 Å². The lowest BCUT2D eigenvalue weighted by Gasteiger charge is -2.19. The van der Waals surface area contributed by atoms with E-state index in [1.54, 1.807) is 13.1 Å². The van der Waals surface area contributed by atoms with Gasteiger partial charge in [0.05, 0.1) is 11.7 Å². The Labute approximate surface area is 117 Å². The van der Waals surface area contributed by atoms with E-state index in [9.17, 15) is 8.78 Å². The van der Waals surface area contributed by atoms with E-state index in [1.807, 2.05) is 6.92 Å². The molecular weight excluding hydrogens is 318 g/mol. The molecule has 102 valence electrons. The van der Waals surface area contributed by atoms with Crippen molar-refractivity contribution in [3.05, 3.63) is 45.7 Å². The first-order chi connectivity index (χ1) is 9.06. The van der Waals surface area contributed by atoms with E-state index in [0.29, 0.717) is 16.8 Å². The number of nitrogens with one attached hydrogen (secondary N) is 1. The van der Waals surface area contributed by atoms with Gasteiger partial charge in [-0.1, -0.05) is 24.3 Å². The van der Waals surface area contributed by atoms with Gasteiger partial charge >= 0.3 is 0 Å². The molecule has 19 heavy (non-hydrogen) atoms. The predicted octanol–water partition coefficient (Wildman–Crippen LogP) is 2.55. The highest BCUT2D eigenvalue weighted by atomic mass is 79.9. The topological polar surface area (TPSA) is 42.7 Å². The van der Waals surface area contributed by atoms with Crippen molar-refractivity contribution >= 4 is 15.9 Å². The van der Waals surface area contributed by atoms with Crippen LogP contribution in [0.15, 0.2) is 22.8 Å². The fraction of sp³-hybridized carbons (Fsp3) is 0.333. The van der Waals surface area contributed by atoms with Gasteiger partial charge in [-0.3, -0.25) is 0 Å². The van der Waals surface area contributed by atoms with Crippen LogP contribution in [0.4, 0.5) is 8.78 Å². The first kappa shape index (κ1) is 14.1. The van der Waals surface area contributed by atoms with E-state index in [0.717, 1.165) is 6.07 Å². The smallest absolute Gasteiger partial charge is 0.163 e. The molecule has 2 aromatic rings. The standard InChI is InChI=1S/C12H13BrF2N4/c1-3-16-10(11-12(13)17-18-19(11)2)7-5-4-6-8(14)9(7)15/h4-6,10,16H,3H2,1-2H3. The molecule has 0 saturated heterocycles. The molecule has 7 heteroatoms. The minimum atomic E-state index is -0.869. The fourth-order valence-electron chi connectivity index (χ4n) is 1.95. The van der Waals surface area contributed by atoms with Gasteiger partial charge in [-0.15, -0.1) is 5.10 Å². The van der Waals surface area contributed by atoms with Gasteiger partial charge < -0.3 is 5.32 Å². The van der Waals surface area contributed by atoms with Gasteiger partial charge in [-0.05, 0) is 28.5 Å². The Balaban J connectivity index is 2.55. The monoisotopic (exact) mass is 330 g/mol. The minimum Gasteiger partial charge on any atom is -0.305 e. The summed E-state index contributed by atoms with van der Waals surface area (Å²) in [5, 5.41) is 10.8. The van der Waals surface area contributed by atoms with Crippen LogP contribution in [0.5, 0.6) is 0 Å². The Kier molecular flexibility index (Phi) is 4.26. The maximum absolute atomic E-state index is 14.0. The zero-order valence-corrected chi connectivity index (χ0v) is 12.1. The third-order valence-electron chi connectivity index (χ3n) is 2.80. The van der Waals surface area contributed by atoms with Crippen molar-refractivity contribution in [2.75, 3.05) is 6.54 Å². The molecule has 4 nitrogen and oxygen atoms in total. The van der Waals surface area contributed by atoms with Crippen molar-refractivity contribution in [3.8, 4) is 0 Å². The molecule has 0 saturated carbocycles. The predicted molar refractivity (Wildman–Crippen MR) is 70.6 cm³/mol. The summed E-state index contributed by atoms with van der Waals surface area (Å²) < 4.78 is 29.4. The second kappa shape index (κ2) is 5.75. The molecule has 0 aliphatic carbocycles. The van der Waals surface area contributed by atoms with Crippen molar-refractivity contribution in [1.29, 1.82) is 0 Å². The van der Waals surface area contributed by atoms with Gasteiger partial charge in [-0.2, -0.15) is 0 Å². The van der Waals surface area contributed by atoms with E-state index < -0.39 is 17.7 Å². The quantitative estimate of drug-likeness (QED) is 0.936. The molecule has 0 radical (unpaired) electrons. The van der Waals surface area contributed by atoms with Crippen LogP contribution in [0, 0.1) is 11.6 Å². The van der Waals surface area contributed by atoms with Crippen LogP contribution in [-0.4, -0.2) is 21.5 Å². The highest BCUT2D eigenvalue weighted by Gasteiger charge is 2.25. The summed E-state index contributed by atoms with van der Waals surface area (Å²) in [6.07, 6.45) is 0. The normalized spacial score (nSPS) is 12.7. The zero-order chi connectivity index (χ0) is 14.0. The molecule has 0 bridgehead atoms. The summed E-state index contributed by atoms with van der Waals surface area (Å²) in [7, 11) is 1.70. The summed E-state index contributed by atoms with van der Waals surface area (Å²) in [5.41, 5.74) is 0.874.